The van der Waals surface area contributed by atoms with Crippen molar-refractivity contribution in [2.24, 2.45) is 10.9 Å². The van der Waals surface area contributed by atoms with Gasteiger partial charge in [-0.2, -0.15) is 0 Å². The van der Waals surface area contributed by atoms with E-state index in [0.29, 0.717) is 6.42 Å². The van der Waals surface area contributed by atoms with E-state index in [-0.39, 0.29) is 5.97 Å². The first kappa shape index (κ1) is 18.8. The van der Waals surface area contributed by atoms with Crippen LogP contribution in [0.4, 0.5) is 0 Å². The third kappa shape index (κ3) is 8.90. The van der Waals surface area contributed by atoms with Crippen LogP contribution >= 0.6 is 0 Å². The van der Waals surface area contributed by atoms with Crippen LogP contribution in [0.2, 0.25) is 0 Å². The number of carbonyl (C=O) groups is 1. The highest BCUT2D eigenvalue weighted by atomic mass is 16.5. The predicted molar refractivity (Wildman–Crippen MR) is 91.0 cm³/mol. The summed E-state index contributed by atoms with van der Waals surface area (Å²) in [5.74, 6) is 1.72. The molecule has 128 valence electrons. The SMILES string of the molecule is CN=C(NCCCCC(=O)OC)NCCCCC1CCCC1. The van der Waals surface area contributed by atoms with Gasteiger partial charge in [-0.15, -0.1) is 0 Å². The molecule has 0 radical (unpaired) electrons. The first-order valence-electron chi connectivity index (χ1n) is 8.77. The highest BCUT2D eigenvalue weighted by Gasteiger charge is 2.13. The van der Waals surface area contributed by atoms with Crippen molar-refractivity contribution in [2.45, 2.75) is 64.2 Å². The van der Waals surface area contributed by atoms with Crippen molar-refractivity contribution in [1.29, 1.82) is 0 Å². The molecule has 0 aliphatic heterocycles. The number of esters is 1. The molecule has 2 N–H and O–H groups in total. The number of aliphatic imine (C=N–C) groups is 1. The topological polar surface area (TPSA) is 62.7 Å². The summed E-state index contributed by atoms with van der Waals surface area (Å²) in [4.78, 5) is 15.2. The van der Waals surface area contributed by atoms with E-state index in [1.165, 1.54) is 52.1 Å². The lowest BCUT2D eigenvalue weighted by Gasteiger charge is -2.12. The Morgan fingerprint density at radius 3 is 2.32 bits per heavy atom. The van der Waals surface area contributed by atoms with Crippen LogP contribution in [0.3, 0.4) is 0 Å². The number of nitrogens with one attached hydrogen (secondary N) is 2. The Bertz CT molecular complexity index is 326. The van der Waals surface area contributed by atoms with E-state index in [2.05, 4.69) is 20.4 Å². The molecule has 1 fully saturated rings. The molecule has 0 unspecified atom stereocenters. The van der Waals surface area contributed by atoms with Crippen LogP contribution < -0.4 is 10.6 Å². The minimum atomic E-state index is -0.134. The van der Waals surface area contributed by atoms with Gasteiger partial charge in [-0.3, -0.25) is 9.79 Å². The van der Waals surface area contributed by atoms with Crippen molar-refractivity contribution in [3.05, 3.63) is 0 Å². The van der Waals surface area contributed by atoms with E-state index in [4.69, 9.17) is 0 Å². The maximum absolute atomic E-state index is 11.0. The van der Waals surface area contributed by atoms with Crippen LogP contribution in [0.1, 0.15) is 64.2 Å². The molecule has 1 saturated carbocycles. The first-order chi connectivity index (χ1) is 10.8. The lowest BCUT2D eigenvalue weighted by molar-refractivity contribution is -0.140. The molecule has 0 heterocycles. The molecule has 1 rings (SSSR count). The summed E-state index contributed by atoms with van der Waals surface area (Å²) < 4.78 is 4.62. The number of unbranched alkanes of at least 4 members (excludes halogenated alkanes) is 2. The number of ether oxygens (including phenoxy) is 1. The van der Waals surface area contributed by atoms with Gasteiger partial charge in [0, 0.05) is 26.6 Å². The number of hydrogen-bond donors (Lipinski definition) is 2. The molecule has 0 aromatic rings. The quantitative estimate of drug-likeness (QED) is 0.282. The Hall–Kier alpha value is -1.26. The van der Waals surface area contributed by atoms with Gasteiger partial charge < -0.3 is 15.4 Å². The molecule has 5 heteroatoms. The molecule has 0 aromatic heterocycles. The second kappa shape index (κ2) is 12.3. The van der Waals surface area contributed by atoms with Gasteiger partial charge in [-0.1, -0.05) is 38.5 Å². The fourth-order valence-corrected chi connectivity index (χ4v) is 2.99. The zero-order valence-corrected chi connectivity index (χ0v) is 14.3. The minimum absolute atomic E-state index is 0.134. The van der Waals surface area contributed by atoms with Gasteiger partial charge in [0.2, 0.25) is 0 Å². The highest BCUT2D eigenvalue weighted by molar-refractivity contribution is 5.79. The van der Waals surface area contributed by atoms with Crippen LogP contribution in [-0.2, 0) is 9.53 Å². The van der Waals surface area contributed by atoms with Crippen LogP contribution in [0, 0.1) is 5.92 Å². The van der Waals surface area contributed by atoms with Crippen LogP contribution in [0.5, 0.6) is 0 Å². The second-order valence-electron chi connectivity index (χ2n) is 6.11. The van der Waals surface area contributed by atoms with Crippen LogP contribution in [0.25, 0.3) is 0 Å². The minimum Gasteiger partial charge on any atom is -0.469 e. The lowest BCUT2D eigenvalue weighted by atomic mass is 10.0. The maximum Gasteiger partial charge on any atom is 0.305 e. The molecule has 22 heavy (non-hydrogen) atoms. The Balaban J connectivity index is 1.94. The van der Waals surface area contributed by atoms with Crippen LogP contribution in [-0.4, -0.2) is 39.2 Å². The Morgan fingerprint density at radius 2 is 1.73 bits per heavy atom. The maximum atomic E-state index is 11.0. The Kier molecular flexibility index (Phi) is 10.5. The average Bonchev–Trinajstić information content (AvgIpc) is 3.05. The van der Waals surface area contributed by atoms with E-state index in [1.807, 2.05) is 0 Å². The molecular weight excluding hydrogens is 278 g/mol. The molecule has 0 saturated heterocycles. The van der Waals surface area contributed by atoms with Gasteiger partial charge in [0.1, 0.15) is 0 Å². The molecule has 0 spiro atoms. The third-order valence-corrected chi connectivity index (χ3v) is 4.36. The standard InChI is InChI=1S/C17H33N3O2/c1-18-17(20-14-8-6-12-16(21)22-2)19-13-7-5-11-15-9-3-4-10-15/h15H,3-14H2,1-2H3,(H2,18,19,20). The number of nitrogens with zero attached hydrogens (tertiary/aromatic N) is 1. The zero-order chi connectivity index (χ0) is 16.0. The summed E-state index contributed by atoms with van der Waals surface area (Å²) in [5.41, 5.74) is 0. The number of methoxy groups -OCH3 is 1. The molecule has 0 aromatic carbocycles. The van der Waals surface area contributed by atoms with E-state index in [1.54, 1.807) is 7.05 Å². The van der Waals surface area contributed by atoms with E-state index >= 15 is 0 Å². The third-order valence-electron chi connectivity index (χ3n) is 4.36. The molecule has 0 amide bonds. The monoisotopic (exact) mass is 311 g/mol. The summed E-state index contributed by atoms with van der Waals surface area (Å²) in [6.07, 6.45) is 12.0. The van der Waals surface area contributed by atoms with Gasteiger partial charge in [0.25, 0.3) is 0 Å². The van der Waals surface area contributed by atoms with Gasteiger partial charge >= 0.3 is 5.97 Å². The average molecular weight is 311 g/mol. The molecular formula is C17H33N3O2. The molecule has 1 aliphatic carbocycles. The van der Waals surface area contributed by atoms with Gasteiger partial charge in [-0.05, 0) is 25.2 Å². The summed E-state index contributed by atoms with van der Waals surface area (Å²) in [6, 6.07) is 0. The van der Waals surface area contributed by atoms with E-state index < -0.39 is 0 Å². The Labute approximate surface area is 135 Å². The summed E-state index contributed by atoms with van der Waals surface area (Å²) >= 11 is 0. The van der Waals surface area contributed by atoms with E-state index in [0.717, 1.165) is 37.8 Å². The Morgan fingerprint density at radius 1 is 1.09 bits per heavy atom. The fourth-order valence-electron chi connectivity index (χ4n) is 2.99. The smallest absolute Gasteiger partial charge is 0.305 e. The second-order valence-corrected chi connectivity index (χ2v) is 6.11. The van der Waals surface area contributed by atoms with Crippen molar-refractivity contribution in [3.63, 3.8) is 0 Å². The molecule has 1 aliphatic rings. The van der Waals surface area contributed by atoms with Crippen molar-refractivity contribution in [2.75, 3.05) is 27.2 Å². The number of rotatable bonds is 10. The summed E-state index contributed by atoms with van der Waals surface area (Å²) in [7, 11) is 3.22. The van der Waals surface area contributed by atoms with Crippen molar-refractivity contribution < 1.29 is 9.53 Å². The van der Waals surface area contributed by atoms with Crippen molar-refractivity contribution in [3.8, 4) is 0 Å². The number of guanidine groups is 1. The molecule has 5 nitrogen and oxygen atoms in total. The molecule has 0 atom stereocenters. The van der Waals surface area contributed by atoms with Gasteiger partial charge in [0.15, 0.2) is 5.96 Å². The van der Waals surface area contributed by atoms with Gasteiger partial charge in [0.05, 0.1) is 7.11 Å². The largest absolute Gasteiger partial charge is 0.469 e. The number of carbonyl (C=O) groups excluding carboxylic acids is 1. The highest BCUT2D eigenvalue weighted by Crippen LogP contribution is 2.28. The predicted octanol–water partition coefficient (Wildman–Crippen LogP) is 2.86. The normalized spacial score (nSPS) is 15.8. The summed E-state index contributed by atoms with van der Waals surface area (Å²) in [5, 5.41) is 6.63. The van der Waals surface area contributed by atoms with Crippen molar-refractivity contribution in [1.82, 2.24) is 10.6 Å². The number of hydrogen-bond acceptors (Lipinski definition) is 3. The summed E-state index contributed by atoms with van der Waals surface area (Å²) in [6.45, 7) is 1.81. The lowest BCUT2D eigenvalue weighted by Crippen LogP contribution is -2.38. The first-order valence-corrected chi connectivity index (χ1v) is 8.77. The fraction of sp³-hybridized carbons (Fsp3) is 0.882. The molecule has 0 bridgehead atoms. The van der Waals surface area contributed by atoms with Crippen molar-refractivity contribution >= 4 is 11.9 Å². The van der Waals surface area contributed by atoms with Crippen LogP contribution in [0.15, 0.2) is 4.99 Å². The van der Waals surface area contributed by atoms with Gasteiger partial charge in [-0.25, -0.2) is 0 Å². The zero-order valence-electron chi connectivity index (χ0n) is 14.3. The van der Waals surface area contributed by atoms with E-state index in [9.17, 15) is 4.79 Å².